The second kappa shape index (κ2) is 5.20. The Labute approximate surface area is 127 Å². The lowest BCUT2D eigenvalue weighted by Gasteiger charge is -2.32. The minimum Gasteiger partial charge on any atom is -0.481 e. The normalized spacial score (nSPS) is 21.9. The quantitative estimate of drug-likeness (QED) is 0.824. The van der Waals surface area contributed by atoms with Crippen LogP contribution in [0.25, 0.3) is 0 Å². The molecule has 2 N–H and O–H groups in total. The number of nitrogens with one attached hydrogen (secondary N) is 1. The van der Waals surface area contributed by atoms with Gasteiger partial charge in [-0.15, -0.1) is 0 Å². The number of aliphatic carboxylic acids is 1. The molecule has 0 radical (unpaired) electrons. The number of halogens is 1. The molecule has 0 bridgehead atoms. The molecule has 2 rings (SSSR count). The summed E-state index contributed by atoms with van der Waals surface area (Å²) in [6.07, 6.45) is 1.72. The van der Waals surface area contributed by atoms with Gasteiger partial charge in [-0.25, -0.2) is 0 Å². The maximum absolute atomic E-state index is 11.1. The number of carboxylic acids is 1. The summed E-state index contributed by atoms with van der Waals surface area (Å²) >= 11 is 3.36. The van der Waals surface area contributed by atoms with Crippen LogP contribution in [0, 0.1) is 0 Å². The number of H-pyrrole nitrogens is 1. The first kappa shape index (κ1) is 15.6. The lowest BCUT2D eigenvalue weighted by atomic mass is 9.68. The fourth-order valence-corrected chi connectivity index (χ4v) is 2.55. The summed E-state index contributed by atoms with van der Waals surface area (Å²) in [5, 5.41) is 9.14. The van der Waals surface area contributed by atoms with Gasteiger partial charge in [-0.1, -0.05) is 0 Å². The van der Waals surface area contributed by atoms with E-state index in [1.54, 1.807) is 6.20 Å². The maximum atomic E-state index is 11.1. The average Bonchev–Trinajstić information content (AvgIpc) is 2.78. The molecule has 1 atom stereocenters. The van der Waals surface area contributed by atoms with Crippen LogP contribution in [0.2, 0.25) is 0 Å². The van der Waals surface area contributed by atoms with Crippen LogP contribution in [0.15, 0.2) is 16.7 Å². The lowest BCUT2D eigenvalue weighted by Crippen LogP contribution is -2.41. The highest BCUT2D eigenvalue weighted by atomic mass is 79.9. The molecule has 0 aliphatic carbocycles. The second-order valence-electron chi connectivity index (χ2n) is 6.10. The van der Waals surface area contributed by atoms with Gasteiger partial charge in [0.25, 0.3) is 0 Å². The first-order valence-corrected chi connectivity index (χ1v) is 7.33. The molecule has 1 aromatic rings. The third-order valence-corrected chi connectivity index (χ3v) is 4.52. The number of hydrogen-bond donors (Lipinski definition) is 2. The molecule has 1 aromatic heterocycles. The molecule has 110 valence electrons. The molecule has 1 aliphatic heterocycles. The Morgan fingerprint density at radius 3 is 2.35 bits per heavy atom. The molecule has 1 saturated heterocycles. The van der Waals surface area contributed by atoms with E-state index < -0.39 is 24.3 Å². The van der Waals surface area contributed by atoms with Gasteiger partial charge in [-0.05, 0) is 49.7 Å². The zero-order chi connectivity index (χ0) is 15.1. The zero-order valence-electron chi connectivity index (χ0n) is 12.1. The van der Waals surface area contributed by atoms with Crippen molar-refractivity contribution >= 4 is 29.0 Å². The summed E-state index contributed by atoms with van der Waals surface area (Å²) in [5.41, 5.74) is -0.158. The first-order chi connectivity index (χ1) is 9.12. The van der Waals surface area contributed by atoms with Gasteiger partial charge in [0.2, 0.25) is 0 Å². The molecular formula is C13H19BBrNO4. The van der Waals surface area contributed by atoms with Gasteiger partial charge in [0, 0.05) is 22.2 Å². The fourth-order valence-electron chi connectivity index (χ4n) is 2.19. The SMILES string of the molecule is CC1(C)OB(C(CC(=O)O)c2cc(Br)c[nH]2)OC1(C)C. The fraction of sp³-hybridized carbons (Fsp3) is 0.615. The molecule has 0 saturated carbocycles. The van der Waals surface area contributed by atoms with Gasteiger partial charge >= 0.3 is 13.1 Å². The summed E-state index contributed by atoms with van der Waals surface area (Å²) in [6.45, 7) is 7.82. The Hall–Kier alpha value is -0.785. The van der Waals surface area contributed by atoms with E-state index in [0.29, 0.717) is 0 Å². The third-order valence-electron chi connectivity index (χ3n) is 4.06. The van der Waals surface area contributed by atoms with Crippen LogP contribution < -0.4 is 0 Å². The summed E-state index contributed by atoms with van der Waals surface area (Å²) in [5.74, 6) is -1.25. The first-order valence-electron chi connectivity index (χ1n) is 6.53. The Morgan fingerprint density at radius 2 is 1.95 bits per heavy atom. The topological polar surface area (TPSA) is 71.5 Å². The van der Waals surface area contributed by atoms with Crippen molar-refractivity contribution < 1.29 is 19.2 Å². The Morgan fingerprint density at radius 1 is 1.40 bits per heavy atom. The molecule has 0 spiro atoms. The van der Waals surface area contributed by atoms with Crippen molar-refractivity contribution in [1.29, 1.82) is 0 Å². The van der Waals surface area contributed by atoms with E-state index in [4.69, 9.17) is 14.4 Å². The van der Waals surface area contributed by atoms with Crippen molar-refractivity contribution in [2.45, 2.75) is 51.1 Å². The molecule has 0 aromatic carbocycles. The molecule has 0 amide bonds. The highest BCUT2D eigenvalue weighted by Gasteiger charge is 2.54. The third kappa shape index (κ3) is 2.94. The Balaban J connectivity index is 2.27. The molecule has 5 nitrogen and oxygen atoms in total. The van der Waals surface area contributed by atoms with Gasteiger partial charge in [-0.3, -0.25) is 4.79 Å². The van der Waals surface area contributed by atoms with Crippen LogP contribution >= 0.6 is 15.9 Å². The molecule has 2 heterocycles. The summed E-state index contributed by atoms with van der Waals surface area (Å²) in [7, 11) is -0.582. The van der Waals surface area contributed by atoms with Crippen molar-refractivity contribution in [2.75, 3.05) is 0 Å². The Kier molecular flexibility index (Phi) is 4.06. The van der Waals surface area contributed by atoms with Crippen molar-refractivity contribution in [3.05, 3.63) is 22.4 Å². The largest absolute Gasteiger partial charge is 0.481 e. The lowest BCUT2D eigenvalue weighted by molar-refractivity contribution is -0.137. The van der Waals surface area contributed by atoms with Crippen LogP contribution in [0.1, 0.15) is 45.6 Å². The van der Waals surface area contributed by atoms with E-state index in [9.17, 15) is 4.79 Å². The van der Waals surface area contributed by atoms with E-state index in [-0.39, 0.29) is 12.2 Å². The van der Waals surface area contributed by atoms with Gasteiger partial charge in [0.05, 0.1) is 17.6 Å². The highest BCUT2D eigenvalue weighted by Crippen LogP contribution is 2.41. The van der Waals surface area contributed by atoms with Crippen LogP contribution in [-0.4, -0.2) is 34.4 Å². The van der Waals surface area contributed by atoms with Gasteiger partial charge < -0.3 is 19.4 Å². The van der Waals surface area contributed by atoms with Crippen molar-refractivity contribution in [3.8, 4) is 0 Å². The van der Waals surface area contributed by atoms with Crippen LogP contribution in [-0.2, 0) is 14.1 Å². The molecule has 1 unspecified atom stereocenters. The standard InChI is InChI=1S/C13H19BBrNO4/c1-12(2)13(3,4)20-14(19-12)9(6-11(17)18)10-5-8(15)7-16-10/h5,7,9,16H,6H2,1-4H3,(H,17,18). The maximum Gasteiger partial charge on any atom is 0.467 e. The van der Waals surface area contributed by atoms with E-state index in [1.165, 1.54) is 0 Å². The molecule has 1 aliphatic rings. The number of carboxylic acid groups (broad SMARTS) is 1. The van der Waals surface area contributed by atoms with Gasteiger partial charge in [0.1, 0.15) is 0 Å². The smallest absolute Gasteiger partial charge is 0.467 e. The summed E-state index contributed by atoms with van der Waals surface area (Å²) in [6, 6.07) is 1.86. The van der Waals surface area contributed by atoms with E-state index >= 15 is 0 Å². The number of aromatic nitrogens is 1. The summed E-state index contributed by atoms with van der Waals surface area (Å²) in [4.78, 5) is 14.2. The van der Waals surface area contributed by atoms with E-state index in [0.717, 1.165) is 10.2 Å². The van der Waals surface area contributed by atoms with Gasteiger partial charge in [0.15, 0.2) is 0 Å². The Bertz CT molecular complexity index is 498. The van der Waals surface area contributed by atoms with Crippen LogP contribution in [0.3, 0.4) is 0 Å². The van der Waals surface area contributed by atoms with Crippen molar-refractivity contribution in [2.24, 2.45) is 0 Å². The second-order valence-corrected chi connectivity index (χ2v) is 7.02. The van der Waals surface area contributed by atoms with E-state index in [2.05, 4.69) is 20.9 Å². The minimum absolute atomic E-state index is 0.0518. The molecule has 7 heteroatoms. The summed E-state index contributed by atoms with van der Waals surface area (Å²) < 4.78 is 12.8. The van der Waals surface area contributed by atoms with E-state index in [1.807, 2.05) is 33.8 Å². The van der Waals surface area contributed by atoms with Crippen LogP contribution in [0.4, 0.5) is 0 Å². The number of hydrogen-bond acceptors (Lipinski definition) is 3. The van der Waals surface area contributed by atoms with Crippen molar-refractivity contribution in [1.82, 2.24) is 4.98 Å². The monoisotopic (exact) mass is 343 g/mol. The number of rotatable bonds is 4. The number of aromatic amines is 1. The average molecular weight is 344 g/mol. The predicted octanol–water partition coefficient (Wildman–Crippen LogP) is 2.97. The minimum atomic E-state index is -0.879. The number of carbonyl (C=O) groups is 1. The molecule has 1 fully saturated rings. The van der Waals surface area contributed by atoms with Crippen molar-refractivity contribution in [3.63, 3.8) is 0 Å². The van der Waals surface area contributed by atoms with Gasteiger partial charge in [-0.2, -0.15) is 0 Å². The molecular weight excluding hydrogens is 325 g/mol. The zero-order valence-corrected chi connectivity index (χ0v) is 13.7. The predicted molar refractivity (Wildman–Crippen MR) is 79.6 cm³/mol. The highest BCUT2D eigenvalue weighted by molar-refractivity contribution is 9.10. The van der Waals surface area contributed by atoms with Crippen LogP contribution in [0.5, 0.6) is 0 Å². The molecule has 20 heavy (non-hydrogen) atoms.